The molecule has 31 heavy (non-hydrogen) atoms. The van der Waals surface area contributed by atoms with Gasteiger partial charge in [0.25, 0.3) is 0 Å². The molecule has 4 rings (SSSR count). The summed E-state index contributed by atoms with van der Waals surface area (Å²) in [5.41, 5.74) is 5.40. The summed E-state index contributed by atoms with van der Waals surface area (Å²) in [4.78, 5) is 0. The molecule has 0 amide bonds. The Labute approximate surface area is 206 Å². The van der Waals surface area contributed by atoms with E-state index in [-0.39, 0.29) is 33.9 Å². The summed E-state index contributed by atoms with van der Waals surface area (Å²) in [6.45, 7) is 9.03. The smallest absolute Gasteiger partial charge is 0.147 e. The van der Waals surface area contributed by atoms with Gasteiger partial charge in [-0.05, 0) is 0 Å². The van der Waals surface area contributed by atoms with E-state index in [2.05, 4.69) is 96.5 Å². The standard InChI is InChI=1S/C22H23O2Si.2CH3.2ClH.H2Si.Zr/c1-23-22-20(18-14-13-15-9-5-6-10-16(15)18)17-11-7-8-12-19(17)21(22)24-25(2,3)4;;;;;;/h5-14,20H,1-4H3;2*1H3;2*1H;1H2;. The molecule has 167 valence electrons. The summed E-state index contributed by atoms with van der Waals surface area (Å²) in [5.74, 6) is 2.17. The van der Waals surface area contributed by atoms with Gasteiger partial charge in [0.15, 0.2) is 0 Å². The molecule has 2 atom stereocenters. The Balaban J connectivity index is 0.00000171. The fourth-order valence-corrected chi connectivity index (χ4v) is 15.1. The van der Waals surface area contributed by atoms with Crippen LogP contribution >= 0.6 is 24.8 Å². The van der Waals surface area contributed by atoms with Crippen LogP contribution in [-0.2, 0) is 31.2 Å². The summed E-state index contributed by atoms with van der Waals surface area (Å²) < 4.78 is 18.0. The average Bonchev–Trinajstić information content (AvgIpc) is 3.17. The van der Waals surface area contributed by atoms with Crippen LogP contribution in [0, 0.1) is 0 Å². The minimum atomic E-state index is -2.61. The fourth-order valence-electron chi connectivity index (χ4n) is 5.00. The average molecular weight is 572 g/mol. The first-order valence-electron chi connectivity index (χ1n) is 10.3. The molecule has 0 bridgehead atoms. The summed E-state index contributed by atoms with van der Waals surface area (Å²) >= 11 is -2.61. The van der Waals surface area contributed by atoms with Crippen LogP contribution in [0.3, 0.4) is 0 Å². The van der Waals surface area contributed by atoms with E-state index >= 15 is 0 Å². The number of rotatable bonds is 5. The van der Waals surface area contributed by atoms with Gasteiger partial charge >= 0.3 is 183 Å². The van der Waals surface area contributed by atoms with E-state index in [1.807, 2.05) is 7.11 Å². The zero-order chi connectivity index (χ0) is 21.0. The van der Waals surface area contributed by atoms with Crippen molar-refractivity contribution in [2.75, 3.05) is 7.11 Å². The van der Waals surface area contributed by atoms with Crippen LogP contribution in [-0.4, -0.2) is 22.3 Å². The molecule has 0 saturated heterocycles. The SMILES string of the molecule is COC1=C(O[Si](C)(C)C)c2ccccc2C1[C]1([Zr]([CH3])([CH3])=[SiH2])C=Cc2ccccc21.Cl.Cl. The molecule has 2 nitrogen and oxygen atoms in total. The molecule has 2 aliphatic rings. The minimum absolute atomic E-state index is 0. The second kappa shape index (κ2) is 9.35. The maximum Gasteiger partial charge on any atom is -0.147 e. The first kappa shape index (κ1) is 26.7. The van der Waals surface area contributed by atoms with Crippen LogP contribution in [0.5, 0.6) is 0 Å². The van der Waals surface area contributed by atoms with Crippen molar-refractivity contribution in [2.24, 2.45) is 0 Å². The van der Waals surface area contributed by atoms with Gasteiger partial charge in [0.1, 0.15) is 0 Å². The van der Waals surface area contributed by atoms with E-state index in [1.165, 1.54) is 22.3 Å². The van der Waals surface area contributed by atoms with E-state index in [9.17, 15) is 0 Å². The maximum atomic E-state index is 6.66. The molecule has 0 radical (unpaired) electrons. The fraction of sp³-hybridized carbons (Fsp3) is 0.333. The first-order valence-corrected chi connectivity index (χ1v) is 25.8. The second-order valence-electron chi connectivity index (χ2n) is 9.81. The molecule has 2 aromatic carbocycles. The van der Waals surface area contributed by atoms with Crippen molar-refractivity contribution in [3.8, 4) is 0 Å². The number of ether oxygens (including phenoxy) is 1. The van der Waals surface area contributed by atoms with Crippen molar-refractivity contribution in [2.45, 2.75) is 37.9 Å². The van der Waals surface area contributed by atoms with Crippen molar-refractivity contribution in [3.63, 3.8) is 0 Å². The van der Waals surface area contributed by atoms with Crippen LogP contribution in [0.15, 0.2) is 60.4 Å². The maximum absolute atomic E-state index is 6.66. The van der Waals surface area contributed by atoms with Crippen molar-refractivity contribution < 1.29 is 28.0 Å². The molecule has 0 N–H and O–H groups in total. The number of halogens is 2. The zero-order valence-electron chi connectivity index (χ0n) is 19.2. The number of hydrogen-bond donors (Lipinski definition) is 0. The summed E-state index contributed by atoms with van der Waals surface area (Å²) in [6, 6.07) is 17.7. The van der Waals surface area contributed by atoms with Gasteiger partial charge in [-0.2, -0.15) is 0 Å². The Bertz CT molecular complexity index is 1080. The normalized spacial score (nSPS) is 21.7. The molecule has 2 aliphatic carbocycles. The molecular formula is C24H33Cl2O2Si2Zr. The molecule has 0 heterocycles. The molecule has 0 fully saturated rings. The van der Waals surface area contributed by atoms with Crippen molar-refractivity contribution in [1.82, 2.24) is 0 Å². The van der Waals surface area contributed by atoms with Gasteiger partial charge in [-0.1, -0.05) is 0 Å². The van der Waals surface area contributed by atoms with Gasteiger partial charge in [-0.25, -0.2) is 0 Å². The number of methoxy groups -OCH3 is 1. The van der Waals surface area contributed by atoms with Crippen molar-refractivity contribution in [1.29, 1.82) is 0 Å². The van der Waals surface area contributed by atoms with Crippen LogP contribution in [0.2, 0.25) is 28.9 Å². The quantitative estimate of drug-likeness (QED) is 0.381. The Morgan fingerprint density at radius 2 is 1.58 bits per heavy atom. The number of allylic oxidation sites excluding steroid dienone is 2. The number of hydrogen-bond acceptors (Lipinski definition) is 2. The van der Waals surface area contributed by atoms with E-state index in [1.54, 1.807) is 0 Å². The van der Waals surface area contributed by atoms with Gasteiger partial charge in [-0.3, -0.25) is 0 Å². The van der Waals surface area contributed by atoms with Gasteiger partial charge in [0.2, 0.25) is 0 Å². The molecule has 7 heteroatoms. The van der Waals surface area contributed by atoms with E-state index in [0.29, 0.717) is 0 Å². The van der Waals surface area contributed by atoms with Gasteiger partial charge < -0.3 is 0 Å². The monoisotopic (exact) mass is 569 g/mol. The Kier molecular flexibility index (Phi) is 8.04. The van der Waals surface area contributed by atoms with Gasteiger partial charge in [-0.15, -0.1) is 24.8 Å². The number of benzene rings is 2. The summed E-state index contributed by atoms with van der Waals surface area (Å²) in [5, 5.41) is 0. The van der Waals surface area contributed by atoms with E-state index < -0.39 is 27.2 Å². The first-order chi connectivity index (χ1) is 13.6. The third-order valence-electron chi connectivity index (χ3n) is 6.14. The van der Waals surface area contributed by atoms with Gasteiger partial charge in [0, 0.05) is 0 Å². The van der Waals surface area contributed by atoms with E-state index in [4.69, 9.17) is 9.16 Å². The van der Waals surface area contributed by atoms with Crippen molar-refractivity contribution >= 4 is 51.8 Å². The third kappa shape index (κ3) is 4.34. The Morgan fingerprint density at radius 1 is 0.968 bits per heavy atom. The molecule has 0 aliphatic heterocycles. The molecule has 0 spiro atoms. The van der Waals surface area contributed by atoms with Crippen LogP contribution in [0.25, 0.3) is 11.8 Å². The minimum Gasteiger partial charge on any atom is -0.147 e. The van der Waals surface area contributed by atoms with Crippen LogP contribution < -0.4 is 0 Å². The third-order valence-corrected chi connectivity index (χ3v) is 17.7. The second-order valence-corrected chi connectivity index (χ2v) is 36.0. The molecule has 0 saturated carbocycles. The predicted molar refractivity (Wildman–Crippen MR) is 139 cm³/mol. The predicted octanol–water partition coefficient (Wildman–Crippen LogP) is 6.51. The summed E-state index contributed by atoms with van der Waals surface area (Å²) in [6.07, 6.45) is 4.86. The van der Waals surface area contributed by atoms with E-state index in [0.717, 1.165) is 11.5 Å². The van der Waals surface area contributed by atoms with Crippen LogP contribution in [0.4, 0.5) is 0 Å². The summed E-state index contributed by atoms with van der Waals surface area (Å²) in [7, 11) is 0.0231. The Morgan fingerprint density at radius 3 is 2.19 bits per heavy atom. The molecular weight excluding hydrogens is 539 g/mol. The van der Waals surface area contributed by atoms with Crippen molar-refractivity contribution in [3.05, 3.63) is 82.6 Å². The van der Waals surface area contributed by atoms with Crippen LogP contribution in [0.1, 0.15) is 28.2 Å². The molecule has 2 unspecified atom stereocenters. The molecule has 2 aromatic rings. The van der Waals surface area contributed by atoms with Gasteiger partial charge in [0.05, 0.1) is 0 Å². The zero-order valence-corrected chi connectivity index (χ0v) is 25.7. The number of fused-ring (bicyclic) bond motifs is 2. The topological polar surface area (TPSA) is 18.5 Å². The largest absolute Gasteiger partial charge is 0.147 e. The Hall–Kier alpha value is -0.583. The molecule has 0 aromatic heterocycles.